The predicted molar refractivity (Wildman–Crippen MR) is 45.7 cm³/mol. The van der Waals surface area contributed by atoms with Gasteiger partial charge in [-0.15, -0.1) is 6.58 Å². The lowest BCUT2D eigenvalue weighted by Gasteiger charge is -1.99. The molecule has 0 aromatic carbocycles. The average molecular weight is 165 g/mol. The summed E-state index contributed by atoms with van der Waals surface area (Å²) in [5.74, 6) is -0.130. The van der Waals surface area contributed by atoms with E-state index in [0.29, 0.717) is 12.2 Å². The Bertz CT molecular complexity index is 253. The summed E-state index contributed by atoms with van der Waals surface area (Å²) in [5, 5.41) is 2.70. The fraction of sp³-hybridized carbons (Fsp3) is 0.250. The molecule has 1 heterocycles. The number of carbonyl (C=O) groups is 1. The Kier molecular flexibility index (Phi) is 3.07. The van der Waals surface area contributed by atoms with Crippen molar-refractivity contribution in [2.45, 2.75) is 6.42 Å². The molecule has 0 aliphatic heterocycles. The molecule has 1 amide bonds. The molecule has 0 bridgehead atoms. The van der Waals surface area contributed by atoms with Crippen LogP contribution in [0.2, 0.25) is 0 Å². The van der Waals surface area contributed by atoms with Crippen LogP contribution in [0.3, 0.4) is 0 Å². The molecule has 4 nitrogen and oxygen atoms in total. The van der Waals surface area contributed by atoms with Crippen molar-refractivity contribution in [3.8, 4) is 0 Å². The molecule has 2 N–H and O–H groups in total. The fourth-order valence-corrected chi connectivity index (χ4v) is 0.763. The fourth-order valence-electron chi connectivity index (χ4n) is 0.763. The molecule has 12 heavy (non-hydrogen) atoms. The second kappa shape index (κ2) is 4.33. The van der Waals surface area contributed by atoms with E-state index in [1.165, 1.54) is 12.5 Å². The van der Waals surface area contributed by atoms with Crippen LogP contribution in [0.5, 0.6) is 0 Å². The van der Waals surface area contributed by atoms with Crippen molar-refractivity contribution in [3.63, 3.8) is 0 Å². The van der Waals surface area contributed by atoms with Gasteiger partial charge in [-0.25, -0.2) is 4.98 Å². The minimum absolute atomic E-state index is 0.130. The van der Waals surface area contributed by atoms with Crippen molar-refractivity contribution in [3.05, 3.63) is 30.9 Å². The van der Waals surface area contributed by atoms with Crippen LogP contribution < -0.4 is 5.32 Å². The van der Waals surface area contributed by atoms with Crippen molar-refractivity contribution in [1.29, 1.82) is 0 Å². The largest absolute Gasteiger partial charge is 0.350 e. The van der Waals surface area contributed by atoms with Crippen molar-refractivity contribution < 1.29 is 4.79 Å². The van der Waals surface area contributed by atoms with Crippen LogP contribution in [0, 0.1) is 0 Å². The monoisotopic (exact) mass is 165 g/mol. The highest BCUT2D eigenvalue weighted by Gasteiger charge is 2.03. The first-order valence-electron chi connectivity index (χ1n) is 3.72. The molecular formula is C8H11N3O. The molecule has 0 aliphatic carbocycles. The van der Waals surface area contributed by atoms with Gasteiger partial charge >= 0.3 is 0 Å². The number of aromatic nitrogens is 2. The highest BCUT2D eigenvalue weighted by atomic mass is 16.1. The van der Waals surface area contributed by atoms with E-state index in [9.17, 15) is 4.79 Å². The number of nitrogens with zero attached hydrogens (tertiary/aromatic N) is 1. The van der Waals surface area contributed by atoms with Gasteiger partial charge in [-0.3, -0.25) is 4.79 Å². The first kappa shape index (κ1) is 8.52. The van der Waals surface area contributed by atoms with Crippen LogP contribution in [0.1, 0.15) is 16.9 Å². The summed E-state index contributed by atoms with van der Waals surface area (Å²) in [6, 6.07) is 0. The number of hydrogen-bond acceptors (Lipinski definition) is 2. The van der Waals surface area contributed by atoms with Crippen LogP contribution in [0.4, 0.5) is 0 Å². The summed E-state index contributed by atoms with van der Waals surface area (Å²) in [4.78, 5) is 17.6. The SMILES string of the molecule is C=CCCNC(=O)c1cnc[nH]1. The summed E-state index contributed by atoms with van der Waals surface area (Å²) in [7, 11) is 0. The highest BCUT2D eigenvalue weighted by Crippen LogP contribution is 1.89. The number of aromatic amines is 1. The maximum Gasteiger partial charge on any atom is 0.269 e. The maximum atomic E-state index is 11.2. The molecule has 0 saturated heterocycles. The second-order valence-corrected chi connectivity index (χ2v) is 2.30. The summed E-state index contributed by atoms with van der Waals surface area (Å²) in [6.07, 6.45) is 5.50. The summed E-state index contributed by atoms with van der Waals surface area (Å²) in [5.41, 5.74) is 0.485. The normalized spacial score (nSPS) is 9.33. The quantitative estimate of drug-likeness (QED) is 0.510. The van der Waals surface area contributed by atoms with Gasteiger partial charge in [-0.2, -0.15) is 0 Å². The number of nitrogens with one attached hydrogen (secondary N) is 2. The third-order valence-electron chi connectivity index (χ3n) is 1.38. The van der Waals surface area contributed by atoms with Gasteiger partial charge in [0.2, 0.25) is 0 Å². The van der Waals surface area contributed by atoms with E-state index >= 15 is 0 Å². The topological polar surface area (TPSA) is 57.8 Å². The van der Waals surface area contributed by atoms with Crippen LogP contribution in [0.15, 0.2) is 25.2 Å². The van der Waals surface area contributed by atoms with E-state index < -0.39 is 0 Å². The van der Waals surface area contributed by atoms with E-state index in [0.717, 1.165) is 6.42 Å². The molecule has 0 unspecified atom stereocenters. The molecule has 1 aromatic rings. The Labute approximate surface area is 70.7 Å². The molecule has 1 rings (SSSR count). The molecule has 0 aliphatic rings. The molecule has 0 saturated carbocycles. The zero-order chi connectivity index (χ0) is 8.81. The van der Waals surface area contributed by atoms with Crippen LogP contribution >= 0.6 is 0 Å². The molecule has 0 spiro atoms. The first-order chi connectivity index (χ1) is 5.84. The second-order valence-electron chi connectivity index (χ2n) is 2.30. The Balaban J connectivity index is 2.34. The molecular weight excluding hydrogens is 154 g/mol. The zero-order valence-electron chi connectivity index (χ0n) is 6.71. The van der Waals surface area contributed by atoms with Crippen LogP contribution in [-0.4, -0.2) is 22.4 Å². The number of imidazole rings is 1. The van der Waals surface area contributed by atoms with E-state index in [4.69, 9.17) is 0 Å². The predicted octanol–water partition coefficient (Wildman–Crippen LogP) is 0.716. The van der Waals surface area contributed by atoms with Crippen molar-refractivity contribution in [2.24, 2.45) is 0 Å². The number of amides is 1. The molecule has 0 radical (unpaired) electrons. The smallest absolute Gasteiger partial charge is 0.269 e. The summed E-state index contributed by atoms with van der Waals surface area (Å²) < 4.78 is 0. The Morgan fingerprint density at radius 1 is 1.83 bits per heavy atom. The van der Waals surface area contributed by atoms with Crippen molar-refractivity contribution >= 4 is 5.91 Å². The molecule has 0 fully saturated rings. The van der Waals surface area contributed by atoms with Gasteiger partial charge in [0.15, 0.2) is 0 Å². The highest BCUT2D eigenvalue weighted by molar-refractivity contribution is 5.91. The standard InChI is InChI=1S/C8H11N3O/c1-2-3-4-10-8(12)7-5-9-6-11-7/h2,5-6H,1,3-4H2,(H,9,11)(H,10,12). The lowest BCUT2D eigenvalue weighted by molar-refractivity contribution is 0.0950. The first-order valence-corrected chi connectivity index (χ1v) is 3.72. The maximum absolute atomic E-state index is 11.2. The van der Waals surface area contributed by atoms with Crippen LogP contribution in [-0.2, 0) is 0 Å². The van der Waals surface area contributed by atoms with E-state index in [1.807, 2.05) is 0 Å². The lowest BCUT2D eigenvalue weighted by Crippen LogP contribution is -2.24. The van der Waals surface area contributed by atoms with Gasteiger partial charge in [-0.05, 0) is 6.42 Å². The zero-order valence-corrected chi connectivity index (χ0v) is 6.71. The van der Waals surface area contributed by atoms with Crippen LogP contribution in [0.25, 0.3) is 0 Å². The average Bonchev–Trinajstić information content (AvgIpc) is 2.56. The third-order valence-corrected chi connectivity index (χ3v) is 1.38. The van der Waals surface area contributed by atoms with Gasteiger partial charge in [0.1, 0.15) is 5.69 Å². The number of rotatable bonds is 4. The number of carbonyl (C=O) groups excluding carboxylic acids is 1. The Morgan fingerprint density at radius 3 is 3.25 bits per heavy atom. The molecule has 4 heteroatoms. The van der Waals surface area contributed by atoms with Crippen molar-refractivity contribution in [1.82, 2.24) is 15.3 Å². The van der Waals surface area contributed by atoms with Gasteiger partial charge in [0.25, 0.3) is 5.91 Å². The van der Waals surface area contributed by atoms with E-state index in [1.54, 1.807) is 6.08 Å². The Morgan fingerprint density at radius 2 is 2.67 bits per heavy atom. The van der Waals surface area contributed by atoms with E-state index in [2.05, 4.69) is 21.9 Å². The third kappa shape index (κ3) is 2.23. The molecule has 1 aromatic heterocycles. The van der Waals surface area contributed by atoms with Crippen molar-refractivity contribution in [2.75, 3.05) is 6.54 Å². The molecule has 0 atom stereocenters. The number of hydrogen-bond donors (Lipinski definition) is 2. The summed E-state index contributed by atoms with van der Waals surface area (Å²) in [6.45, 7) is 4.16. The Hall–Kier alpha value is -1.58. The molecule has 64 valence electrons. The van der Waals surface area contributed by atoms with Gasteiger partial charge in [0, 0.05) is 6.54 Å². The van der Waals surface area contributed by atoms with E-state index in [-0.39, 0.29) is 5.91 Å². The number of H-pyrrole nitrogens is 1. The summed E-state index contributed by atoms with van der Waals surface area (Å²) >= 11 is 0. The minimum atomic E-state index is -0.130. The van der Waals surface area contributed by atoms with Gasteiger partial charge < -0.3 is 10.3 Å². The lowest BCUT2D eigenvalue weighted by atomic mass is 10.4. The minimum Gasteiger partial charge on any atom is -0.350 e. The van der Waals surface area contributed by atoms with Gasteiger partial charge in [0.05, 0.1) is 12.5 Å². The van der Waals surface area contributed by atoms with Gasteiger partial charge in [-0.1, -0.05) is 6.08 Å².